The first-order valence-electron chi connectivity index (χ1n) is 8.66. The van der Waals surface area contributed by atoms with Gasteiger partial charge >= 0.3 is 12.1 Å². The maximum absolute atomic E-state index is 11.6. The SMILES string of the molecule is COC(=O)N1CCC2(CC(N3CCC4(CC3)CNC(=O)N4)C2)C1. The van der Waals surface area contributed by atoms with Gasteiger partial charge in [-0.3, -0.25) is 0 Å². The number of urea groups is 1. The number of nitrogens with zero attached hydrogens (tertiary/aromatic N) is 2. The topological polar surface area (TPSA) is 73.9 Å². The van der Waals surface area contributed by atoms with E-state index in [2.05, 4.69) is 15.5 Å². The van der Waals surface area contributed by atoms with Gasteiger partial charge in [-0.2, -0.15) is 0 Å². The van der Waals surface area contributed by atoms with E-state index in [4.69, 9.17) is 4.74 Å². The number of nitrogens with one attached hydrogen (secondary N) is 2. The second kappa shape index (κ2) is 5.26. The van der Waals surface area contributed by atoms with Gasteiger partial charge < -0.3 is 25.2 Å². The summed E-state index contributed by atoms with van der Waals surface area (Å²) in [6.45, 7) is 4.57. The average molecular weight is 322 g/mol. The van der Waals surface area contributed by atoms with Crippen molar-refractivity contribution in [3.05, 3.63) is 0 Å². The molecule has 23 heavy (non-hydrogen) atoms. The third kappa shape index (κ3) is 2.55. The van der Waals surface area contributed by atoms with Crippen LogP contribution in [0.4, 0.5) is 9.59 Å². The van der Waals surface area contributed by atoms with Gasteiger partial charge in [0, 0.05) is 38.8 Å². The molecule has 0 aromatic carbocycles. The van der Waals surface area contributed by atoms with Crippen molar-refractivity contribution in [2.45, 2.75) is 43.7 Å². The third-order valence-corrected chi connectivity index (χ3v) is 6.45. The van der Waals surface area contributed by atoms with E-state index in [1.165, 1.54) is 20.0 Å². The molecule has 4 aliphatic rings. The van der Waals surface area contributed by atoms with Crippen molar-refractivity contribution in [1.29, 1.82) is 0 Å². The largest absolute Gasteiger partial charge is 0.453 e. The minimum absolute atomic E-state index is 0.00986. The van der Waals surface area contributed by atoms with E-state index in [1.54, 1.807) is 0 Å². The standard InChI is InChI=1S/C16H26N4O3/c1-23-14(22)20-5-2-15(11-20)8-12(9-15)19-6-3-16(4-7-19)10-17-13(21)18-16/h12H,2-11H2,1H3,(H2,17,18,21). The fraction of sp³-hybridized carbons (Fsp3) is 0.875. The molecule has 0 unspecified atom stereocenters. The molecule has 128 valence electrons. The monoisotopic (exact) mass is 322 g/mol. The van der Waals surface area contributed by atoms with Crippen LogP contribution < -0.4 is 10.6 Å². The lowest BCUT2D eigenvalue weighted by molar-refractivity contribution is -0.0125. The Morgan fingerprint density at radius 3 is 2.57 bits per heavy atom. The van der Waals surface area contributed by atoms with Gasteiger partial charge in [0.1, 0.15) is 0 Å². The Balaban J connectivity index is 1.27. The number of likely N-dealkylation sites (tertiary alicyclic amines) is 2. The van der Waals surface area contributed by atoms with E-state index >= 15 is 0 Å². The van der Waals surface area contributed by atoms with Crippen LogP contribution in [0, 0.1) is 5.41 Å². The minimum atomic E-state index is -0.185. The molecule has 4 fully saturated rings. The van der Waals surface area contributed by atoms with Gasteiger partial charge in [-0.1, -0.05) is 0 Å². The second-order valence-corrected chi connectivity index (χ2v) is 7.83. The van der Waals surface area contributed by atoms with Crippen LogP contribution in [0.25, 0.3) is 0 Å². The molecule has 1 saturated carbocycles. The fourth-order valence-corrected chi connectivity index (χ4v) is 4.95. The van der Waals surface area contributed by atoms with E-state index in [0.717, 1.165) is 52.0 Å². The van der Waals surface area contributed by atoms with Gasteiger partial charge in [-0.05, 0) is 37.5 Å². The van der Waals surface area contributed by atoms with E-state index in [0.29, 0.717) is 11.5 Å². The van der Waals surface area contributed by atoms with Gasteiger partial charge in [0.2, 0.25) is 0 Å². The number of ether oxygens (including phenoxy) is 1. The van der Waals surface area contributed by atoms with Crippen molar-refractivity contribution < 1.29 is 14.3 Å². The predicted octanol–water partition coefficient (Wildman–Crippen LogP) is 0.755. The number of hydrogen-bond donors (Lipinski definition) is 2. The summed E-state index contributed by atoms with van der Waals surface area (Å²) < 4.78 is 4.84. The third-order valence-electron chi connectivity index (χ3n) is 6.45. The molecule has 2 N–H and O–H groups in total. The van der Waals surface area contributed by atoms with E-state index < -0.39 is 0 Å². The molecule has 0 aromatic heterocycles. The zero-order valence-corrected chi connectivity index (χ0v) is 13.8. The molecular formula is C16H26N4O3. The molecule has 0 radical (unpaired) electrons. The van der Waals surface area contributed by atoms with Crippen molar-refractivity contribution >= 4 is 12.1 Å². The molecule has 2 spiro atoms. The van der Waals surface area contributed by atoms with Gasteiger partial charge in [-0.15, -0.1) is 0 Å². The van der Waals surface area contributed by atoms with Crippen LogP contribution in [0.5, 0.6) is 0 Å². The highest BCUT2D eigenvalue weighted by Gasteiger charge is 2.52. The van der Waals surface area contributed by atoms with Crippen molar-refractivity contribution in [3.8, 4) is 0 Å². The van der Waals surface area contributed by atoms with Crippen molar-refractivity contribution in [1.82, 2.24) is 20.4 Å². The molecule has 3 heterocycles. The highest BCUT2D eigenvalue weighted by molar-refractivity contribution is 5.77. The van der Waals surface area contributed by atoms with Gasteiger partial charge in [0.05, 0.1) is 12.6 Å². The lowest BCUT2D eigenvalue weighted by Crippen LogP contribution is -2.59. The number of hydrogen-bond acceptors (Lipinski definition) is 4. The maximum Gasteiger partial charge on any atom is 0.409 e. The molecule has 7 nitrogen and oxygen atoms in total. The van der Waals surface area contributed by atoms with Gasteiger partial charge in [0.15, 0.2) is 0 Å². The Morgan fingerprint density at radius 1 is 1.22 bits per heavy atom. The highest BCUT2D eigenvalue weighted by atomic mass is 16.5. The van der Waals surface area contributed by atoms with Gasteiger partial charge in [0.25, 0.3) is 0 Å². The molecule has 4 rings (SSSR count). The first-order valence-corrected chi connectivity index (χ1v) is 8.66. The quantitative estimate of drug-likeness (QED) is 0.747. The van der Waals surface area contributed by atoms with Crippen LogP contribution in [0.15, 0.2) is 0 Å². The smallest absolute Gasteiger partial charge is 0.409 e. The van der Waals surface area contributed by atoms with Crippen LogP contribution in [0.3, 0.4) is 0 Å². The lowest BCUT2D eigenvalue weighted by atomic mass is 9.64. The first kappa shape index (κ1) is 15.1. The molecular weight excluding hydrogens is 296 g/mol. The lowest BCUT2D eigenvalue weighted by Gasteiger charge is -2.52. The van der Waals surface area contributed by atoms with Crippen LogP contribution >= 0.6 is 0 Å². The number of carbonyl (C=O) groups is 2. The summed E-state index contributed by atoms with van der Waals surface area (Å²) in [6, 6.07) is 0.630. The summed E-state index contributed by atoms with van der Waals surface area (Å²) >= 11 is 0. The summed E-state index contributed by atoms with van der Waals surface area (Å²) in [5, 5.41) is 6.00. The number of amides is 3. The Bertz CT molecular complexity index is 509. The molecule has 0 bridgehead atoms. The van der Waals surface area contributed by atoms with E-state index in [1.807, 2.05) is 4.90 Å². The minimum Gasteiger partial charge on any atom is -0.453 e. The summed E-state index contributed by atoms with van der Waals surface area (Å²) in [5.74, 6) is 0. The van der Waals surface area contributed by atoms with Crippen LogP contribution in [-0.2, 0) is 4.74 Å². The van der Waals surface area contributed by atoms with Crippen molar-refractivity contribution in [2.24, 2.45) is 5.41 Å². The Morgan fingerprint density at radius 2 is 1.96 bits per heavy atom. The molecule has 3 amide bonds. The number of carbonyl (C=O) groups excluding carboxylic acids is 2. The molecule has 1 aliphatic carbocycles. The summed E-state index contributed by atoms with van der Waals surface area (Å²) in [6.07, 6.45) is 5.37. The van der Waals surface area contributed by atoms with E-state index in [9.17, 15) is 9.59 Å². The summed E-state index contributed by atoms with van der Waals surface area (Å²) in [4.78, 5) is 27.5. The Labute approximate surface area is 136 Å². The van der Waals surface area contributed by atoms with Crippen molar-refractivity contribution in [2.75, 3.05) is 39.8 Å². The molecule has 3 saturated heterocycles. The second-order valence-electron chi connectivity index (χ2n) is 7.83. The number of rotatable bonds is 1. The number of piperidine rings is 1. The molecule has 3 aliphatic heterocycles. The summed E-state index contributed by atoms with van der Waals surface area (Å²) in [5.41, 5.74) is 0.321. The van der Waals surface area contributed by atoms with E-state index in [-0.39, 0.29) is 17.7 Å². The van der Waals surface area contributed by atoms with Crippen LogP contribution in [0.1, 0.15) is 32.1 Å². The van der Waals surface area contributed by atoms with Crippen LogP contribution in [-0.4, -0.2) is 73.3 Å². The van der Waals surface area contributed by atoms with Crippen molar-refractivity contribution in [3.63, 3.8) is 0 Å². The Kier molecular flexibility index (Phi) is 3.44. The first-order chi connectivity index (χ1) is 11.0. The zero-order valence-electron chi connectivity index (χ0n) is 13.8. The maximum atomic E-state index is 11.6. The van der Waals surface area contributed by atoms with Gasteiger partial charge in [-0.25, -0.2) is 9.59 Å². The highest BCUT2D eigenvalue weighted by Crippen LogP contribution is 2.50. The normalized spacial score (nSPS) is 36.0. The fourth-order valence-electron chi connectivity index (χ4n) is 4.95. The molecule has 7 heteroatoms. The van der Waals surface area contributed by atoms with Crippen LogP contribution in [0.2, 0.25) is 0 Å². The molecule has 0 atom stereocenters. The average Bonchev–Trinajstić information content (AvgIpc) is 3.11. The Hall–Kier alpha value is -1.50. The summed E-state index contributed by atoms with van der Waals surface area (Å²) in [7, 11) is 1.46. The molecule has 0 aromatic rings. The number of methoxy groups -OCH3 is 1. The zero-order chi connectivity index (χ0) is 16.1. The predicted molar refractivity (Wildman–Crippen MR) is 84.1 cm³/mol.